The standard InChI is InChI=1S/C19H22N4/c1-3-5-14(4-2)17-18(15-6-10-20-11-7-15)23-19(22-17)16-8-12-21-13-9-16/h3-7,10-11,16,21H,1-2,8-9,12-13H2,(H,22,23)/b14-5+. The van der Waals surface area contributed by atoms with Crippen LogP contribution in [0.4, 0.5) is 0 Å². The fraction of sp³-hybridized carbons (Fsp3) is 0.263. The van der Waals surface area contributed by atoms with E-state index in [1.54, 1.807) is 18.5 Å². The van der Waals surface area contributed by atoms with Gasteiger partial charge in [0.05, 0.1) is 11.4 Å². The molecule has 1 saturated heterocycles. The van der Waals surface area contributed by atoms with E-state index < -0.39 is 0 Å². The number of piperidine rings is 1. The molecular weight excluding hydrogens is 284 g/mol. The zero-order chi connectivity index (χ0) is 16.1. The maximum atomic E-state index is 4.92. The van der Waals surface area contributed by atoms with Gasteiger partial charge in [-0.1, -0.05) is 31.4 Å². The largest absolute Gasteiger partial charge is 0.341 e. The van der Waals surface area contributed by atoms with Gasteiger partial charge >= 0.3 is 0 Å². The summed E-state index contributed by atoms with van der Waals surface area (Å²) in [5.74, 6) is 1.53. The lowest BCUT2D eigenvalue weighted by atomic mass is 9.98. The summed E-state index contributed by atoms with van der Waals surface area (Å²) in [6.07, 6.45) is 11.4. The minimum atomic E-state index is 0.473. The third kappa shape index (κ3) is 3.32. The summed E-state index contributed by atoms with van der Waals surface area (Å²) in [6.45, 7) is 9.81. The lowest BCUT2D eigenvalue weighted by Gasteiger charge is -2.20. The molecule has 1 fully saturated rings. The smallest absolute Gasteiger partial charge is 0.110 e. The molecule has 0 atom stereocenters. The predicted molar refractivity (Wildman–Crippen MR) is 95.0 cm³/mol. The summed E-state index contributed by atoms with van der Waals surface area (Å²) in [7, 11) is 0. The highest BCUT2D eigenvalue weighted by Crippen LogP contribution is 2.31. The molecule has 118 valence electrons. The van der Waals surface area contributed by atoms with Gasteiger partial charge < -0.3 is 10.3 Å². The second-order valence-electron chi connectivity index (χ2n) is 5.67. The molecule has 2 N–H and O–H groups in total. The van der Waals surface area contributed by atoms with Crippen molar-refractivity contribution in [2.45, 2.75) is 18.8 Å². The number of hydrogen-bond acceptors (Lipinski definition) is 3. The van der Waals surface area contributed by atoms with Gasteiger partial charge in [-0.3, -0.25) is 4.98 Å². The van der Waals surface area contributed by atoms with E-state index in [0.717, 1.165) is 54.3 Å². The Balaban J connectivity index is 2.08. The van der Waals surface area contributed by atoms with Gasteiger partial charge in [0, 0.05) is 23.9 Å². The summed E-state index contributed by atoms with van der Waals surface area (Å²) in [6, 6.07) is 3.97. The van der Waals surface area contributed by atoms with E-state index in [-0.39, 0.29) is 0 Å². The first-order valence-corrected chi connectivity index (χ1v) is 8.00. The van der Waals surface area contributed by atoms with Crippen LogP contribution in [0.25, 0.3) is 16.8 Å². The van der Waals surface area contributed by atoms with Crippen LogP contribution in [0.15, 0.2) is 55.9 Å². The second kappa shape index (κ2) is 7.20. The van der Waals surface area contributed by atoms with E-state index in [1.807, 2.05) is 24.3 Å². The minimum absolute atomic E-state index is 0.473. The third-order valence-electron chi connectivity index (χ3n) is 4.21. The maximum Gasteiger partial charge on any atom is 0.110 e. The molecule has 4 heteroatoms. The Labute approximate surface area is 137 Å². The Morgan fingerprint density at radius 2 is 1.91 bits per heavy atom. The summed E-state index contributed by atoms with van der Waals surface area (Å²) in [4.78, 5) is 12.6. The van der Waals surface area contributed by atoms with Crippen molar-refractivity contribution in [1.29, 1.82) is 0 Å². The number of nitrogens with one attached hydrogen (secondary N) is 2. The SMILES string of the molecule is C=C/C=C(\C=C)c1[nH]c(C2CCNCC2)nc1-c1ccncc1. The Bertz CT molecular complexity index is 706. The molecule has 0 radical (unpaired) electrons. The molecule has 0 spiro atoms. The fourth-order valence-corrected chi connectivity index (χ4v) is 2.99. The molecule has 0 bridgehead atoms. The highest BCUT2D eigenvalue weighted by atomic mass is 15.0. The molecule has 0 aliphatic carbocycles. The van der Waals surface area contributed by atoms with Gasteiger partial charge in [-0.15, -0.1) is 0 Å². The van der Waals surface area contributed by atoms with E-state index in [2.05, 4.69) is 28.4 Å². The number of hydrogen-bond donors (Lipinski definition) is 2. The van der Waals surface area contributed by atoms with Crippen LogP contribution < -0.4 is 5.32 Å². The highest BCUT2D eigenvalue weighted by Gasteiger charge is 2.22. The average Bonchev–Trinajstić information content (AvgIpc) is 3.06. The van der Waals surface area contributed by atoms with E-state index in [9.17, 15) is 0 Å². The normalized spacial score (nSPS) is 16.3. The molecule has 1 aliphatic heterocycles. The summed E-state index contributed by atoms with van der Waals surface area (Å²) in [5.41, 5.74) is 4.01. The molecule has 3 heterocycles. The molecule has 1 aliphatic rings. The van der Waals surface area contributed by atoms with Crippen LogP contribution in [0.2, 0.25) is 0 Å². The first kappa shape index (κ1) is 15.4. The zero-order valence-corrected chi connectivity index (χ0v) is 13.3. The summed E-state index contributed by atoms with van der Waals surface area (Å²) in [5, 5.41) is 3.40. The lowest BCUT2D eigenvalue weighted by Crippen LogP contribution is -2.27. The van der Waals surface area contributed by atoms with E-state index in [0.29, 0.717) is 5.92 Å². The molecule has 2 aromatic rings. The number of nitrogens with zero attached hydrogens (tertiary/aromatic N) is 2. The minimum Gasteiger partial charge on any atom is -0.341 e. The van der Waals surface area contributed by atoms with Crippen molar-refractivity contribution in [3.63, 3.8) is 0 Å². The Hall–Kier alpha value is -2.46. The fourth-order valence-electron chi connectivity index (χ4n) is 2.99. The van der Waals surface area contributed by atoms with Gasteiger partial charge in [0.25, 0.3) is 0 Å². The van der Waals surface area contributed by atoms with Crippen LogP contribution in [-0.4, -0.2) is 28.0 Å². The zero-order valence-electron chi connectivity index (χ0n) is 13.3. The van der Waals surface area contributed by atoms with Crippen molar-refractivity contribution >= 4 is 5.57 Å². The van der Waals surface area contributed by atoms with Crippen LogP contribution in [0.1, 0.15) is 30.3 Å². The van der Waals surface area contributed by atoms with Crippen LogP contribution in [-0.2, 0) is 0 Å². The number of rotatable bonds is 5. The number of aromatic nitrogens is 3. The van der Waals surface area contributed by atoms with Gasteiger partial charge in [-0.2, -0.15) is 0 Å². The third-order valence-corrected chi connectivity index (χ3v) is 4.21. The van der Waals surface area contributed by atoms with Gasteiger partial charge in [-0.05, 0) is 43.6 Å². The van der Waals surface area contributed by atoms with Crippen LogP contribution in [0, 0.1) is 0 Å². The van der Waals surface area contributed by atoms with Crippen molar-refractivity contribution in [1.82, 2.24) is 20.3 Å². The molecule has 0 saturated carbocycles. The first-order valence-electron chi connectivity index (χ1n) is 8.00. The molecule has 23 heavy (non-hydrogen) atoms. The number of aromatic amines is 1. The lowest BCUT2D eigenvalue weighted by molar-refractivity contribution is 0.447. The number of pyridine rings is 1. The van der Waals surface area contributed by atoms with Crippen molar-refractivity contribution < 1.29 is 0 Å². The molecule has 4 nitrogen and oxygen atoms in total. The van der Waals surface area contributed by atoms with Gasteiger partial charge in [0.15, 0.2) is 0 Å². The van der Waals surface area contributed by atoms with Crippen molar-refractivity contribution in [3.8, 4) is 11.3 Å². The first-order chi connectivity index (χ1) is 11.3. The molecule has 0 amide bonds. The Kier molecular flexibility index (Phi) is 4.83. The van der Waals surface area contributed by atoms with Crippen molar-refractivity contribution in [2.24, 2.45) is 0 Å². The molecular formula is C19H22N4. The number of allylic oxidation sites excluding steroid dienone is 4. The topological polar surface area (TPSA) is 53.6 Å². The number of H-pyrrole nitrogens is 1. The van der Waals surface area contributed by atoms with Crippen molar-refractivity contribution in [2.75, 3.05) is 13.1 Å². The molecule has 3 rings (SSSR count). The van der Waals surface area contributed by atoms with Gasteiger partial charge in [0.2, 0.25) is 0 Å². The monoisotopic (exact) mass is 306 g/mol. The van der Waals surface area contributed by atoms with Gasteiger partial charge in [-0.25, -0.2) is 4.98 Å². The molecule has 2 aromatic heterocycles. The molecule has 0 unspecified atom stereocenters. The highest BCUT2D eigenvalue weighted by molar-refractivity contribution is 5.82. The maximum absolute atomic E-state index is 4.92. The van der Waals surface area contributed by atoms with E-state index in [4.69, 9.17) is 4.98 Å². The van der Waals surface area contributed by atoms with Gasteiger partial charge in [0.1, 0.15) is 5.82 Å². The summed E-state index contributed by atoms with van der Waals surface area (Å²) < 4.78 is 0. The van der Waals surface area contributed by atoms with Crippen LogP contribution in [0.5, 0.6) is 0 Å². The second-order valence-corrected chi connectivity index (χ2v) is 5.67. The predicted octanol–water partition coefficient (Wildman–Crippen LogP) is 3.69. The van der Waals surface area contributed by atoms with Crippen LogP contribution in [0.3, 0.4) is 0 Å². The Morgan fingerprint density at radius 1 is 1.17 bits per heavy atom. The van der Waals surface area contributed by atoms with Crippen molar-refractivity contribution in [3.05, 3.63) is 67.4 Å². The van der Waals surface area contributed by atoms with Crippen LogP contribution >= 0.6 is 0 Å². The average molecular weight is 306 g/mol. The molecule has 0 aromatic carbocycles. The quantitative estimate of drug-likeness (QED) is 0.828. The van der Waals surface area contributed by atoms with E-state index in [1.165, 1.54) is 0 Å². The Morgan fingerprint density at radius 3 is 2.57 bits per heavy atom. The summed E-state index contributed by atoms with van der Waals surface area (Å²) >= 11 is 0. The van der Waals surface area contributed by atoms with E-state index >= 15 is 0 Å². The number of imidazole rings is 1.